The summed E-state index contributed by atoms with van der Waals surface area (Å²) in [5.74, 6) is 0.477. The van der Waals surface area contributed by atoms with Crippen LogP contribution in [-0.2, 0) is 6.54 Å². The lowest BCUT2D eigenvalue weighted by molar-refractivity contribution is -0.385. The second-order valence-electron chi connectivity index (χ2n) is 4.97. The summed E-state index contributed by atoms with van der Waals surface area (Å²) in [6.45, 7) is 2.03. The van der Waals surface area contributed by atoms with Gasteiger partial charge in [0.15, 0.2) is 0 Å². The summed E-state index contributed by atoms with van der Waals surface area (Å²) < 4.78 is 0. The third-order valence-electron chi connectivity index (χ3n) is 3.48. The molecular weight excluding hydrogens is 318 g/mol. The molecular formula is C15H12ClN5O2. The van der Waals surface area contributed by atoms with Gasteiger partial charge < -0.3 is 0 Å². The lowest BCUT2D eigenvalue weighted by atomic mass is 10.1. The molecule has 2 aromatic carbocycles. The number of rotatable bonds is 4. The van der Waals surface area contributed by atoms with Gasteiger partial charge in [0.1, 0.15) is 0 Å². The molecule has 1 heterocycles. The maximum Gasteiger partial charge on any atom is 0.272 e. The van der Waals surface area contributed by atoms with E-state index in [2.05, 4.69) is 15.4 Å². The minimum atomic E-state index is -0.396. The molecule has 1 aromatic heterocycles. The number of nitro benzene ring substituents is 1. The number of hydrogen-bond acceptors (Lipinski definition) is 5. The minimum Gasteiger partial charge on any atom is -0.258 e. The van der Waals surface area contributed by atoms with Crippen LogP contribution in [0.1, 0.15) is 11.1 Å². The van der Waals surface area contributed by atoms with Crippen molar-refractivity contribution in [1.82, 2.24) is 20.2 Å². The predicted molar refractivity (Wildman–Crippen MR) is 85.2 cm³/mol. The van der Waals surface area contributed by atoms with E-state index in [4.69, 9.17) is 11.6 Å². The van der Waals surface area contributed by atoms with Crippen LogP contribution in [0.5, 0.6) is 0 Å². The average molecular weight is 330 g/mol. The first-order valence-electron chi connectivity index (χ1n) is 6.81. The summed E-state index contributed by atoms with van der Waals surface area (Å²) in [6.07, 6.45) is 0. The number of tetrazole rings is 1. The summed E-state index contributed by atoms with van der Waals surface area (Å²) in [5.41, 5.74) is 2.26. The molecule has 0 saturated heterocycles. The zero-order chi connectivity index (χ0) is 16.4. The van der Waals surface area contributed by atoms with Crippen LogP contribution in [0.4, 0.5) is 5.69 Å². The standard InChI is InChI=1S/C15H12ClN5O2/c1-10-12(3-2-4-14(10)21(22)23)9-20-18-15(17-19-20)11-5-7-13(16)8-6-11/h2-8H,9H2,1H3. The van der Waals surface area contributed by atoms with Crippen molar-refractivity contribution in [3.63, 3.8) is 0 Å². The first kappa shape index (κ1) is 15.1. The number of halogens is 1. The predicted octanol–water partition coefficient (Wildman–Crippen LogP) is 3.26. The van der Waals surface area contributed by atoms with E-state index in [0.717, 1.165) is 11.1 Å². The summed E-state index contributed by atoms with van der Waals surface area (Å²) >= 11 is 5.85. The fraction of sp³-hybridized carbons (Fsp3) is 0.133. The van der Waals surface area contributed by atoms with Gasteiger partial charge in [-0.15, -0.1) is 10.2 Å². The lowest BCUT2D eigenvalue weighted by Crippen LogP contribution is -2.06. The van der Waals surface area contributed by atoms with Crippen molar-refractivity contribution < 1.29 is 4.92 Å². The normalized spacial score (nSPS) is 10.7. The zero-order valence-electron chi connectivity index (χ0n) is 12.2. The van der Waals surface area contributed by atoms with Crippen LogP contribution in [0.3, 0.4) is 0 Å². The maximum absolute atomic E-state index is 11.0. The number of nitro groups is 1. The van der Waals surface area contributed by atoms with Crippen molar-refractivity contribution in [2.75, 3.05) is 0 Å². The maximum atomic E-state index is 11.0. The number of aromatic nitrogens is 4. The molecule has 0 aliphatic rings. The highest BCUT2D eigenvalue weighted by atomic mass is 35.5. The Bertz CT molecular complexity index is 861. The fourth-order valence-electron chi connectivity index (χ4n) is 2.22. The third kappa shape index (κ3) is 3.19. The Morgan fingerprint density at radius 1 is 1.22 bits per heavy atom. The highest BCUT2D eigenvalue weighted by Crippen LogP contribution is 2.22. The molecule has 0 radical (unpaired) electrons. The van der Waals surface area contributed by atoms with Gasteiger partial charge in [-0.2, -0.15) is 4.80 Å². The van der Waals surface area contributed by atoms with Crippen LogP contribution < -0.4 is 0 Å². The second kappa shape index (κ2) is 6.13. The zero-order valence-corrected chi connectivity index (χ0v) is 12.9. The largest absolute Gasteiger partial charge is 0.272 e. The van der Waals surface area contributed by atoms with Crippen LogP contribution >= 0.6 is 11.6 Å². The molecule has 3 rings (SSSR count). The molecule has 0 aliphatic carbocycles. The van der Waals surface area contributed by atoms with Gasteiger partial charge in [0.05, 0.1) is 11.5 Å². The van der Waals surface area contributed by atoms with E-state index in [-0.39, 0.29) is 5.69 Å². The van der Waals surface area contributed by atoms with Crippen LogP contribution in [0.2, 0.25) is 5.02 Å². The van der Waals surface area contributed by atoms with Crippen molar-refractivity contribution >= 4 is 17.3 Å². The van der Waals surface area contributed by atoms with Crippen LogP contribution in [-0.4, -0.2) is 25.1 Å². The summed E-state index contributed by atoms with van der Waals surface area (Å²) in [4.78, 5) is 12.0. The second-order valence-corrected chi connectivity index (χ2v) is 5.41. The molecule has 0 saturated carbocycles. The van der Waals surface area contributed by atoms with Crippen molar-refractivity contribution in [1.29, 1.82) is 0 Å². The van der Waals surface area contributed by atoms with E-state index in [1.165, 1.54) is 10.9 Å². The molecule has 8 heteroatoms. The van der Waals surface area contributed by atoms with E-state index in [1.807, 2.05) is 18.2 Å². The number of hydrogen-bond donors (Lipinski definition) is 0. The summed E-state index contributed by atoms with van der Waals surface area (Å²) in [5, 5.41) is 23.9. The fourth-order valence-corrected chi connectivity index (χ4v) is 2.34. The van der Waals surface area contributed by atoms with Gasteiger partial charge in [0, 0.05) is 22.2 Å². The van der Waals surface area contributed by atoms with Gasteiger partial charge >= 0.3 is 0 Å². The highest BCUT2D eigenvalue weighted by molar-refractivity contribution is 6.30. The van der Waals surface area contributed by atoms with Crippen molar-refractivity contribution in [3.05, 3.63) is 68.7 Å². The van der Waals surface area contributed by atoms with Gasteiger partial charge in [0.25, 0.3) is 5.69 Å². The highest BCUT2D eigenvalue weighted by Gasteiger charge is 2.14. The molecule has 0 aliphatic heterocycles. The Balaban J connectivity index is 1.86. The topological polar surface area (TPSA) is 86.7 Å². The van der Waals surface area contributed by atoms with Gasteiger partial charge in [-0.1, -0.05) is 23.7 Å². The molecule has 7 nitrogen and oxygen atoms in total. The smallest absolute Gasteiger partial charge is 0.258 e. The SMILES string of the molecule is Cc1c(Cn2nnc(-c3ccc(Cl)cc3)n2)cccc1[N+](=O)[O-]. The Morgan fingerprint density at radius 3 is 2.65 bits per heavy atom. The van der Waals surface area contributed by atoms with Gasteiger partial charge in [0.2, 0.25) is 5.82 Å². The van der Waals surface area contributed by atoms with E-state index in [0.29, 0.717) is 23.0 Å². The summed E-state index contributed by atoms with van der Waals surface area (Å²) in [7, 11) is 0. The first-order valence-corrected chi connectivity index (χ1v) is 7.19. The van der Waals surface area contributed by atoms with E-state index < -0.39 is 4.92 Å². The van der Waals surface area contributed by atoms with Crippen molar-refractivity contribution in [3.8, 4) is 11.4 Å². The lowest BCUT2D eigenvalue weighted by Gasteiger charge is -2.04. The Hall–Kier alpha value is -2.80. The third-order valence-corrected chi connectivity index (χ3v) is 3.73. The number of nitrogens with zero attached hydrogens (tertiary/aromatic N) is 5. The average Bonchev–Trinajstić information content (AvgIpc) is 2.98. The molecule has 0 spiro atoms. The van der Waals surface area contributed by atoms with Crippen LogP contribution in [0.15, 0.2) is 42.5 Å². The minimum absolute atomic E-state index is 0.0838. The molecule has 0 unspecified atom stereocenters. The monoisotopic (exact) mass is 329 g/mol. The van der Waals surface area contributed by atoms with Crippen LogP contribution in [0, 0.1) is 17.0 Å². The van der Waals surface area contributed by atoms with Gasteiger partial charge in [-0.05, 0) is 42.0 Å². The van der Waals surface area contributed by atoms with Crippen molar-refractivity contribution in [2.24, 2.45) is 0 Å². The molecule has 3 aromatic rings. The van der Waals surface area contributed by atoms with Crippen molar-refractivity contribution in [2.45, 2.75) is 13.5 Å². The quantitative estimate of drug-likeness (QED) is 0.541. The molecule has 116 valence electrons. The van der Waals surface area contributed by atoms with Gasteiger partial charge in [-0.3, -0.25) is 10.1 Å². The molecule has 0 fully saturated rings. The molecule has 0 N–H and O–H groups in total. The Morgan fingerprint density at radius 2 is 1.96 bits per heavy atom. The Kier molecular flexibility index (Phi) is 4.03. The van der Waals surface area contributed by atoms with E-state index >= 15 is 0 Å². The number of benzene rings is 2. The van der Waals surface area contributed by atoms with E-state index in [9.17, 15) is 10.1 Å². The van der Waals surface area contributed by atoms with E-state index in [1.54, 1.807) is 25.1 Å². The molecule has 23 heavy (non-hydrogen) atoms. The van der Waals surface area contributed by atoms with Gasteiger partial charge in [-0.25, -0.2) is 0 Å². The first-order chi connectivity index (χ1) is 11.0. The Labute approximate surface area is 136 Å². The molecule has 0 bridgehead atoms. The molecule has 0 atom stereocenters. The van der Waals surface area contributed by atoms with Crippen LogP contribution in [0.25, 0.3) is 11.4 Å². The summed E-state index contributed by atoms with van der Waals surface area (Å²) in [6, 6.07) is 12.1. The molecule has 0 amide bonds.